The summed E-state index contributed by atoms with van der Waals surface area (Å²) in [7, 11) is 1.46. The van der Waals surface area contributed by atoms with E-state index in [1.165, 1.54) is 25.3 Å². The van der Waals surface area contributed by atoms with Gasteiger partial charge in [0.1, 0.15) is 5.69 Å². The van der Waals surface area contributed by atoms with E-state index in [1.807, 2.05) is 0 Å². The maximum Gasteiger partial charge on any atom is 0.292 e. The van der Waals surface area contributed by atoms with E-state index in [9.17, 15) is 15.2 Å². The van der Waals surface area contributed by atoms with Gasteiger partial charge in [-0.15, -0.1) is 0 Å². The maximum atomic E-state index is 10.7. The Morgan fingerprint density at radius 1 is 1.65 bits per heavy atom. The summed E-state index contributed by atoms with van der Waals surface area (Å²) in [6.07, 6.45) is -0.737. The zero-order chi connectivity index (χ0) is 12.8. The first-order valence-corrected chi connectivity index (χ1v) is 5.27. The Hall–Kier alpha value is -1.37. The molecule has 0 radical (unpaired) electrons. The number of halogens is 1. The Labute approximate surface area is 103 Å². The fourth-order valence-corrected chi connectivity index (χ4v) is 1.46. The lowest BCUT2D eigenvalue weighted by atomic mass is 10.2. The third kappa shape index (κ3) is 4.18. The molecule has 0 aliphatic heterocycles. The number of aliphatic hydroxyl groups is 1. The molecule has 0 fully saturated rings. The Morgan fingerprint density at radius 2 is 2.35 bits per heavy atom. The van der Waals surface area contributed by atoms with Crippen LogP contribution in [0.1, 0.15) is 0 Å². The first-order valence-electron chi connectivity index (χ1n) is 4.89. The summed E-state index contributed by atoms with van der Waals surface area (Å²) >= 11 is 5.75. The van der Waals surface area contributed by atoms with Gasteiger partial charge in [-0.3, -0.25) is 10.1 Å². The van der Waals surface area contributed by atoms with Gasteiger partial charge in [0, 0.05) is 24.7 Å². The number of rotatable bonds is 6. The van der Waals surface area contributed by atoms with Gasteiger partial charge in [-0.2, -0.15) is 0 Å². The quantitative estimate of drug-likeness (QED) is 0.600. The van der Waals surface area contributed by atoms with Crippen molar-refractivity contribution in [2.45, 2.75) is 6.10 Å². The van der Waals surface area contributed by atoms with Crippen LogP contribution in [-0.4, -0.2) is 36.4 Å². The Bertz CT molecular complexity index is 400. The number of benzene rings is 1. The number of methoxy groups -OCH3 is 1. The molecule has 1 aromatic carbocycles. The number of hydrogen-bond donors (Lipinski definition) is 2. The average molecular weight is 261 g/mol. The minimum absolute atomic E-state index is 0.0842. The highest BCUT2D eigenvalue weighted by Gasteiger charge is 2.14. The van der Waals surface area contributed by atoms with Crippen molar-refractivity contribution >= 4 is 23.0 Å². The fraction of sp³-hybridized carbons (Fsp3) is 0.400. The fourth-order valence-electron chi connectivity index (χ4n) is 1.29. The minimum atomic E-state index is -0.737. The third-order valence-corrected chi connectivity index (χ3v) is 2.28. The smallest absolute Gasteiger partial charge is 0.292 e. The van der Waals surface area contributed by atoms with Crippen LogP contribution in [0.15, 0.2) is 18.2 Å². The van der Waals surface area contributed by atoms with Gasteiger partial charge >= 0.3 is 0 Å². The number of nitrogens with zero attached hydrogens (tertiary/aromatic N) is 1. The van der Waals surface area contributed by atoms with Crippen LogP contribution >= 0.6 is 11.6 Å². The molecule has 7 heteroatoms. The molecule has 2 N–H and O–H groups in total. The molecular weight excluding hydrogens is 248 g/mol. The van der Waals surface area contributed by atoms with Gasteiger partial charge in [-0.1, -0.05) is 11.6 Å². The molecule has 0 aromatic heterocycles. The second-order valence-corrected chi connectivity index (χ2v) is 3.85. The second kappa shape index (κ2) is 6.39. The van der Waals surface area contributed by atoms with E-state index >= 15 is 0 Å². The maximum absolute atomic E-state index is 10.7. The molecule has 0 bridgehead atoms. The van der Waals surface area contributed by atoms with Crippen molar-refractivity contribution in [1.29, 1.82) is 0 Å². The van der Waals surface area contributed by atoms with Crippen molar-refractivity contribution in [3.8, 4) is 0 Å². The highest BCUT2D eigenvalue weighted by molar-refractivity contribution is 6.31. The van der Waals surface area contributed by atoms with Crippen molar-refractivity contribution in [2.24, 2.45) is 0 Å². The zero-order valence-corrected chi connectivity index (χ0v) is 9.98. The molecule has 0 saturated heterocycles. The molecule has 0 aliphatic rings. The van der Waals surface area contributed by atoms with Crippen LogP contribution in [0.25, 0.3) is 0 Å². The molecule has 0 amide bonds. The highest BCUT2D eigenvalue weighted by Crippen LogP contribution is 2.27. The van der Waals surface area contributed by atoms with Gasteiger partial charge in [0.25, 0.3) is 5.69 Å². The lowest BCUT2D eigenvalue weighted by Crippen LogP contribution is -2.24. The van der Waals surface area contributed by atoms with Crippen LogP contribution in [0, 0.1) is 10.1 Å². The van der Waals surface area contributed by atoms with Crippen LogP contribution in [0.3, 0.4) is 0 Å². The molecule has 6 nitrogen and oxygen atoms in total. The normalized spacial score (nSPS) is 12.2. The first-order chi connectivity index (χ1) is 8.04. The van der Waals surface area contributed by atoms with Crippen LogP contribution < -0.4 is 5.32 Å². The van der Waals surface area contributed by atoms with E-state index in [-0.39, 0.29) is 24.5 Å². The summed E-state index contributed by atoms with van der Waals surface area (Å²) < 4.78 is 4.74. The molecule has 0 aliphatic carbocycles. The lowest BCUT2D eigenvalue weighted by molar-refractivity contribution is -0.384. The molecule has 1 aromatic rings. The van der Waals surface area contributed by atoms with Crippen molar-refractivity contribution in [3.63, 3.8) is 0 Å². The SMILES string of the molecule is COCC(O)CNc1cc(Cl)ccc1[N+](=O)[O-]. The number of nitro groups is 1. The monoisotopic (exact) mass is 260 g/mol. The number of ether oxygens (including phenoxy) is 1. The van der Waals surface area contributed by atoms with Gasteiger partial charge in [-0.25, -0.2) is 0 Å². The van der Waals surface area contributed by atoms with Crippen LogP contribution in [0.4, 0.5) is 11.4 Å². The summed E-state index contributed by atoms with van der Waals surface area (Å²) in [5.41, 5.74) is 0.191. The van der Waals surface area contributed by atoms with Gasteiger partial charge < -0.3 is 15.2 Å². The summed E-state index contributed by atoms with van der Waals surface area (Å²) in [6, 6.07) is 4.20. The number of nitro benzene ring substituents is 1. The Balaban J connectivity index is 2.75. The number of anilines is 1. The van der Waals surface area contributed by atoms with Gasteiger partial charge in [0.2, 0.25) is 0 Å². The topological polar surface area (TPSA) is 84.6 Å². The molecule has 0 spiro atoms. The molecule has 94 valence electrons. The van der Waals surface area contributed by atoms with Gasteiger partial charge in [0.15, 0.2) is 0 Å². The molecule has 0 heterocycles. The summed E-state index contributed by atoms with van der Waals surface area (Å²) in [4.78, 5) is 10.2. The molecule has 0 saturated carbocycles. The summed E-state index contributed by atoms with van der Waals surface area (Å²) in [5, 5.41) is 23.3. The van der Waals surface area contributed by atoms with E-state index in [1.54, 1.807) is 0 Å². The molecule has 1 atom stereocenters. The summed E-state index contributed by atoms with van der Waals surface area (Å²) in [6.45, 7) is 0.302. The van der Waals surface area contributed by atoms with Crippen molar-refractivity contribution in [1.82, 2.24) is 0 Å². The van der Waals surface area contributed by atoms with Crippen molar-refractivity contribution in [3.05, 3.63) is 33.3 Å². The first kappa shape index (κ1) is 13.7. The van der Waals surface area contributed by atoms with E-state index < -0.39 is 11.0 Å². The predicted octanol–water partition coefficient (Wildman–Crippen LogP) is 1.67. The van der Waals surface area contributed by atoms with Crippen LogP contribution in [0.2, 0.25) is 5.02 Å². The number of nitrogens with one attached hydrogen (secondary N) is 1. The minimum Gasteiger partial charge on any atom is -0.389 e. The molecular formula is C10H13ClN2O4. The lowest BCUT2D eigenvalue weighted by Gasteiger charge is -2.12. The second-order valence-electron chi connectivity index (χ2n) is 3.41. The summed E-state index contributed by atoms with van der Waals surface area (Å²) in [5.74, 6) is 0. The standard InChI is InChI=1S/C10H13ClN2O4/c1-17-6-8(14)5-12-9-4-7(11)2-3-10(9)13(15)16/h2-4,8,12,14H,5-6H2,1H3. The highest BCUT2D eigenvalue weighted by atomic mass is 35.5. The van der Waals surface area contributed by atoms with Crippen molar-refractivity contribution in [2.75, 3.05) is 25.6 Å². The third-order valence-electron chi connectivity index (χ3n) is 2.04. The van der Waals surface area contributed by atoms with E-state index in [2.05, 4.69) is 5.32 Å². The van der Waals surface area contributed by atoms with Gasteiger partial charge in [-0.05, 0) is 12.1 Å². The van der Waals surface area contributed by atoms with E-state index in [4.69, 9.17) is 16.3 Å². The molecule has 1 rings (SSSR count). The van der Waals surface area contributed by atoms with E-state index in [0.29, 0.717) is 5.02 Å². The Morgan fingerprint density at radius 3 is 2.94 bits per heavy atom. The van der Waals surface area contributed by atoms with Crippen molar-refractivity contribution < 1.29 is 14.8 Å². The molecule has 17 heavy (non-hydrogen) atoms. The zero-order valence-electron chi connectivity index (χ0n) is 9.22. The van der Waals surface area contributed by atoms with Gasteiger partial charge in [0.05, 0.1) is 17.6 Å². The van der Waals surface area contributed by atoms with E-state index in [0.717, 1.165) is 0 Å². The number of hydrogen-bond acceptors (Lipinski definition) is 5. The Kier molecular flexibility index (Phi) is 5.14. The number of aliphatic hydroxyl groups excluding tert-OH is 1. The molecule has 1 unspecified atom stereocenters. The predicted molar refractivity (Wildman–Crippen MR) is 64.5 cm³/mol. The van der Waals surface area contributed by atoms with Crippen LogP contribution in [-0.2, 0) is 4.74 Å². The largest absolute Gasteiger partial charge is 0.389 e. The average Bonchev–Trinajstić information content (AvgIpc) is 2.26. The van der Waals surface area contributed by atoms with Crippen LogP contribution in [0.5, 0.6) is 0 Å².